The zero-order valence-corrected chi connectivity index (χ0v) is 11.8. The van der Waals surface area contributed by atoms with Crippen LogP contribution in [-0.2, 0) is 6.42 Å². The molecule has 0 saturated carbocycles. The Balaban J connectivity index is 2.85. The number of aryl methyl sites for hydroxylation is 1. The maximum Gasteiger partial charge on any atom is 0.264 e. The molecule has 0 aliphatic heterocycles. The third-order valence-electron chi connectivity index (χ3n) is 2.76. The van der Waals surface area contributed by atoms with Crippen LogP contribution in [0.25, 0.3) is 0 Å². The molecule has 0 aliphatic carbocycles. The van der Waals surface area contributed by atoms with Crippen LogP contribution < -0.4 is 0 Å². The van der Waals surface area contributed by atoms with Crippen molar-refractivity contribution in [3.8, 4) is 0 Å². The van der Waals surface area contributed by atoms with Gasteiger partial charge in [0, 0.05) is 17.8 Å². The fraction of sp³-hybridized carbons (Fsp3) is 0.583. The summed E-state index contributed by atoms with van der Waals surface area (Å²) in [7, 11) is 1.80. The van der Waals surface area contributed by atoms with Crippen molar-refractivity contribution in [3.05, 3.63) is 21.9 Å². The van der Waals surface area contributed by atoms with E-state index in [4.69, 9.17) is 11.6 Å². The van der Waals surface area contributed by atoms with Crippen LogP contribution in [0.5, 0.6) is 0 Å². The van der Waals surface area contributed by atoms with Gasteiger partial charge in [0.15, 0.2) is 0 Å². The number of halogens is 1. The molecule has 1 aromatic heterocycles. The number of thiophene rings is 1. The van der Waals surface area contributed by atoms with Crippen LogP contribution in [0, 0.1) is 0 Å². The van der Waals surface area contributed by atoms with Crippen molar-refractivity contribution in [1.29, 1.82) is 0 Å². The Morgan fingerprint density at radius 1 is 1.50 bits per heavy atom. The Morgan fingerprint density at radius 2 is 2.12 bits per heavy atom. The second kappa shape index (κ2) is 5.19. The zero-order chi connectivity index (χ0) is 12.3. The van der Waals surface area contributed by atoms with Gasteiger partial charge in [0.1, 0.15) is 0 Å². The number of carbonyl (C=O) groups is 1. The number of amides is 1. The third kappa shape index (κ3) is 2.77. The van der Waals surface area contributed by atoms with E-state index in [1.54, 1.807) is 23.3 Å². The number of rotatable bonds is 4. The summed E-state index contributed by atoms with van der Waals surface area (Å²) in [6.45, 7) is 6.02. The Bertz CT molecular complexity index is 373. The molecule has 0 bridgehead atoms. The van der Waals surface area contributed by atoms with E-state index < -0.39 is 0 Å². The fourth-order valence-electron chi connectivity index (χ4n) is 1.21. The highest BCUT2D eigenvalue weighted by atomic mass is 35.5. The van der Waals surface area contributed by atoms with Crippen LogP contribution in [0.1, 0.15) is 35.3 Å². The topological polar surface area (TPSA) is 20.3 Å². The Kier molecular flexibility index (Phi) is 4.39. The number of hydrogen-bond acceptors (Lipinski definition) is 2. The van der Waals surface area contributed by atoms with Crippen molar-refractivity contribution >= 4 is 28.8 Å². The summed E-state index contributed by atoms with van der Waals surface area (Å²) in [5.74, 6) is 0.483. The predicted molar refractivity (Wildman–Crippen MR) is 70.6 cm³/mol. The molecule has 0 spiro atoms. The average Bonchev–Trinajstić information content (AvgIpc) is 2.75. The van der Waals surface area contributed by atoms with Gasteiger partial charge in [-0.2, -0.15) is 0 Å². The lowest BCUT2D eigenvalue weighted by Gasteiger charge is -2.33. The molecule has 1 heterocycles. The minimum atomic E-state index is -0.311. The van der Waals surface area contributed by atoms with Gasteiger partial charge < -0.3 is 4.90 Å². The summed E-state index contributed by atoms with van der Waals surface area (Å²) < 4.78 is 0. The van der Waals surface area contributed by atoms with E-state index in [0.29, 0.717) is 5.88 Å². The number of carbonyl (C=O) groups excluding carboxylic acids is 1. The van der Waals surface area contributed by atoms with Gasteiger partial charge in [0.2, 0.25) is 0 Å². The van der Waals surface area contributed by atoms with Crippen molar-refractivity contribution in [2.75, 3.05) is 12.9 Å². The second-order valence-electron chi connectivity index (χ2n) is 4.43. The van der Waals surface area contributed by atoms with Crippen LogP contribution in [0.2, 0.25) is 0 Å². The molecule has 0 atom stereocenters. The van der Waals surface area contributed by atoms with Gasteiger partial charge in [-0.3, -0.25) is 4.79 Å². The van der Waals surface area contributed by atoms with Crippen molar-refractivity contribution in [3.63, 3.8) is 0 Å². The van der Waals surface area contributed by atoms with E-state index >= 15 is 0 Å². The molecule has 2 nitrogen and oxygen atoms in total. The van der Waals surface area contributed by atoms with E-state index in [9.17, 15) is 4.79 Å². The fourth-order valence-corrected chi connectivity index (χ4v) is 2.32. The molecule has 0 unspecified atom stereocenters. The lowest BCUT2D eigenvalue weighted by molar-refractivity contribution is 0.0665. The Hall–Kier alpha value is -0.540. The van der Waals surface area contributed by atoms with Gasteiger partial charge in [0.05, 0.1) is 10.4 Å². The van der Waals surface area contributed by atoms with Crippen LogP contribution in [0.15, 0.2) is 12.1 Å². The molecule has 0 fully saturated rings. The minimum Gasteiger partial charge on any atom is -0.335 e. The lowest BCUT2D eigenvalue weighted by atomic mass is 10.1. The quantitative estimate of drug-likeness (QED) is 0.759. The van der Waals surface area contributed by atoms with Crippen LogP contribution in [0.4, 0.5) is 0 Å². The smallest absolute Gasteiger partial charge is 0.264 e. The largest absolute Gasteiger partial charge is 0.335 e. The highest BCUT2D eigenvalue weighted by Gasteiger charge is 2.28. The second-order valence-corrected chi connectivity index (χ2v) is 5.87. The van der Waals surface area contributed by atoms with E-state index in [2.05, 4.69) is 6.92 Å². The molecule has 16 heavy (non-hydrogen) atoms. The SMILES string of the molecule is CCc1ccc(C(=O)N(C)C(C)(C)CCl)s1. The van der Waals surface area contributed by atoms with Crippen LogP contribution in [-0.4, -0.2) is 29.3 Å². The first-order valence-corrected chi connectivity index (χ1v) is 6.70. The predicted octanol–water partition coefficient (Wildman–Crippen LogP) is 3.40. The molecule has 1 rings (SSSR count). The van der Waals surface area contributed by atoms with E-state index in [1.165, 1.54) is 4.88 Å². The minimum absolute atomic E-state index is 0.0513. The van der Waals surface area contributed by atoms with Crippen LogP contribution in [0.3, 0.4) is 0 Å². The number of alkyl halides is 1. The molecular formula is C12H18ClNOS. The molecule has 4 heteroatoms. The van der Waals surface area contributed by atoms with E-state index in [1.807, 2.05) is 26.0 Å². The third-order valence-corrected chi connectivity index (χ3v) is 4.63. The van der Waals surface area contributed by atoms with Gasteiger partial charge in [-0.1, -0.05) is 6.92 Å². The molecule has 0 saturated heterocycles. The van der Waals surface area contributed by atoms with Crippen molar-refractivity contribution in [2.24, 2.45) is 0 Å². The van der Waals surface area contributed by atoms with Gasteiger partial charge in [-0.15, -0.1) is 22.9 Å². The van der Waals surface area contributed by atoms with Gasteiger partial charge in [-0.25, -0.2) is 0 Å². The first-order chi connectivity index (χ1) is 7.42. The molecule has 90 valence electrons. The molecular weight excluding hydrogens is 242 g/mol. The number of nitrogens with zero attached hydrogens (tertiary/aromatic N) is 1. The molecule has 0 aromatic carbocycles. The highest BCUT2D eigenvalue weighted by Crippen LogP contribution is 2.22. The zero-order valence-electron chi connectivity index (χ0n) is 10.2. The Labute approximate surface area is 106 Å². The van der Waals surface area contributed by atoms with Crippen molar-refractivity contribution in [1.82, 2.24) is 4.90 Å². The Morgan fingerprint density at radius 3 is 2.56 bits per heavy atom. The maximum absolute atomic E-state index is 12.2. The molecule has 1 aromatic rings. The molecule has 0 aliphatic rings. The first kappa shape index (κ1) is 13.5. The number of hydrogen-bond donors (Lipinski definition) is 0. The monoisotopic (exact) mass is 259 g/mol. The molecule has 0 N–H and O–H groups in total. The van der Waals surface area contributed by atoms with Gasteiger partial charge in [0.25, 0.3) is 5.91 Å². The summed E-state index contributed by atoms with van der Waals surface area (Å²) in [5, 5.41) is 0. The summed E-state index contributed by atoms with van der Waals surface area (Å²) >= 11 is 7.42. The van der Waals surface area contributed by atoms with Crippen molar-refractivity contribution in [2.45, 2.75) is 32.7 Å². The van der Waals surface area contributed by atoms with Gasteiger partial charge >= 0.3 is 0 Å². The normalized spacial score (nSPS) is 11.6. The van der Waals surface area contributed by atoms with Crippen LogP contribution >= 0.6 is 22.9 Å². The summed E-state index contributed by atoms with van der Waals surface area (Å²) in [6.07, 6.45) is 0.973. The maximum atomic E-state index is 12.2. The summed E-state index contributed by atoms with van der Waals surface area (Å²) in [5.41, 5.74) is -0.311. The average molecular weight is 260 g/mol. The highest BCUT2D eigenvalue weighted by molar-refractivity contribution is 7.14. The van der Waals surface area contributed by atoms with Crippen molar-refractivity contribution < 1.29 is 4.79 Å². The van der Waals surface area contributed by atoms with E-state index in [-0.39, 0.29) is 11.4 Å². The first-order valence-electron chi connectivity index (χ1n) is 5.35. The molecule has 0 radical (unpaired) electrons. The summed E-state index contributed by atoms with van der Waals surface area (Å²) in [6, 6.07) is 3.91. The summed E-state index contributed by atoms with van der Waals surface area (Å²) in [4.78, 5) is 15.9. The standard InChI is InChI=1S/C12H18ClNOS/c1-5-9-6-7-10(16-9)11(15)14(4)12(2,3)8-13/h6-7H,5,8H2,1-4H3. The van der Waals surface area contributed by atoms with Gasteiger partial charge in [-0.05, 0) is 32.4 Å². The van der Waals surface area contributed by atoms with E-state index in [0.717, 1.165) is 11.3 Å². The lowest BCUT2D eigenvalue weighted by Crippen LogP contribution is -2.46. The molecule has 1 amide bonds.